The molecule has 3 nitrogen and oxygen atoms in total. The lowest BCUT2D eigenvalue weighted by molar-refractivity contribution is -0.201. The molecule has 7 heteroatoms. The van der Waals surface area contributed by atoms with Crippen LogP contribution in [0.15, 0.2) is 48.5 Å². The Kier molecular flexibility index (Phi) is 4.81. The first-order valence-electron chi connectivity index (χ1n) is 7.07. The third-order valence-corrected chi connectivity index (χ3v) is 4.99. The molecular formula is C16H15Cl3O3Si. The number of hydrogen-bond donors (Lipinski definition) is 0. The molecule has 1 aliphatic heterocycles. The molecule has 1 aliphatic rings. The highest BCUT2D eigenvalue weighted by atomic mass is 35.8. The summed E-state index contributed by atoms with van der Waals surface area (Å²) in [6.07, 6.45) is 0.111. The Labute approximate surface area is 150 Å². The lowest BCUT2D eigenvalue weighted by atomic mass is 10.1. The van der Waals surface area contributed by atoms with Gasteiger partial charge in [-0.15, -0.1) is 33.2 Å². The Balaban J connectivity index is 1.78. The standard InChI is InChI=1S/C16H15Cl3O3Si/c1-16(13-5-3-2-4-6-13)21-10-12-9-14(7-8-15(12)22-16)20-11-23(17,18)19/h2-9H,10-11H2,1H3. The van der Waals surface area contributed by atoms with E-state index in [-0.39, 0.29) is 6.23 Å². The average molecular weight is 390 g/mol. The van der Waals surface area contributed by atoms with Crippen molar-refractivity contribution in [2.75, 3.05) is 6.23 Å². The largest absolute Gasteiger partial charge is 0.493 e. The van der Waals surface area contributed by atoms with Crippen LogP contribution in [-0.2, 0) is 17.1 Å². The summed E-state index contributed by atoms with van der Waals surface area (Å²) >= 11 is 17.5. The second-order valence-electron chi connectivity index (χ2n) is 5.38. The zero-order valence-electron chi connectivity index (χ0n) is 12.4. The maximum atomic E-state index is 6.06. The van der Waals surface area contributed by atoms with E-state index in [0.29, 0.717) is 12.4 Å². The smallest absolute Gasteiger partial charge is 0.377 e. The maximum Gasteiger partial charge on any atom is 0.377 e. The summed E-state index contributed by atoms with van der Waals surface area (Å²) in [5.41, 5.74) is 1.87. The summed E-state index contributed by atoms with van der Waals surface area (Å²) in [7, 11) is 0. The van der Waals surface area contributed by atoms with Crippen LogP contribution in [0.4, 0.5) is 0 Å². The van der Waals surface area contributed by atoms with Crippen LogP contribution in [0.5, 0.6) is 11.5 Å². The van der Waals surface area contributed by atoms with Gasteiger partial charge in [-0.3, -0.25) is 0 Å². The zero-order chi connectivity index (χ0) is 16.5. The first-order chi connectivity index (χ1) is 10.9. The monoisotopic (exact) mass is 388 g/mol. The highest BCUT2D eigenvalue weighted by molar-refractivity contribution is 7.64. The second-order valence-corrected chi connectivity index (χ2v) is 14.4. The van der Waals surface area contributed by atoms with Gasteiger partial charge in [-0.05, 0) is 18.2 Å². The molecule has 23 heavy (non-hydrogen) atoms. The minimum Gasteiger partial charge on any atom is -0.493 e. The van der Waals surface area contributed by atoms with E-state index in [2.05, 4.69) is 0 Å². The van der Waals surface area contributed by atoms with Crippen molar-refractivity contribution in [2.45, 2.75) is 19.3 Å². The Hall–Kier alpha value is -0.913. The molecule has 122 valence electrons. The number of ether oxygens (including phenoxy) is 3. The molecule has 0 amide bonds. The first-order valence-corrected chi connectivity index (χ1v) is 12.3. The minimum absolute atomic E-state index is 0.111. The van der Waals surface area contributed by atoms with Gasteiger partial charge in [0.2, 0.25) is 5.79 Å². The lowest BCUT2D eigenvalue weighted by Crippen LogP contribution is -2.36. The van der Waals surface area contributed by atoms with Crippen molar-refractivity contribution in [1.29, 1.82) is 0 Å². The van der Waals surface area contributed by atoms with Gasteiger partial charge in [0, 0.05) is 18.1 Å². The molecule has 0 N–H and O–H groups in total. The van der Waals surface area contributed by atoms with Crippen LogP contribution in [-0.4, -0.2) is 12.2 Å². The minimum atomic E-state index is -2.81. The predicted molar refractivity (Wildman–Crippen MR) is 94.5 cm³/mol. The molecule has 0 spiro atoms. The summed E-state index contributed by atoms with van der Waals surface area (Å²) in [6, 6.07) is 12.5. The van der Waals surface area contributed by atoms with Gasteiger partial charge in [0.15, 0.2) is 0 Å². The van der Waals surface area contributed by atoms with E-state index in [1.165, 1.54) is 0 Å². The summed E-state index contributed by atoms with van der Waals surface area (Å²) in [4.78, 5) is 0. The Bertz CT molecular complexity index is 691. The van der Waals surface area contributed by atoms with Crippen molar-refractivity contribution in [3.63, 3.8) is 0 Å². The van der Waals surface area contributed by atoms with Crippen molar-refractivity contribution in [3.05, 3.63) is 59.7 Å². The molecule has 1 unspecified atom stereocenters. The predicted octanol–water partition coefficient (Wildman–Crippen LogP) is 5.04. The molecule has 0 radical (unpaired) electrons. The van der Waals surface area contributed by atoms with Crippen LogP contribution in [0.1, 0.15) is 18.1 Å². The molecule has 1 atom stereocenters. The van der Waals surface area contributed by atoms with Crippen LogP contribution < -0.4 is 9.47 Å². The van der Waals surface area contributed by atoms with Gasteiger partial charge in [0.05, 0.1) is 6.61 Å². The molecule has 0 saturated heterocycles. The molecule has 2 aromatic rings. The molecule has 3 rings (SSSR count). The maximum absolute atomic E-state index is 6.06. The van der Waals surface area contributed by atoms with E-state index in [4.69, 9.17) is 47.4 Å². The molecule has 0 saturated carbocycles. The third kappa shape index (κ3) is 4.14. The fourth-order valence-electron chi connectivity index (χ4n) is 2.36. The highest BCUT2D eigenvalue weighted by Crippen LogP contribution is 2.38. The topological polar surface area (TPSA) is 27.7 Å². The third-order valence-electron chi connectivity index (χ3n) is 3.54. The highest BCUT2D eigenvalue weighted by Gasteiger charge is 2.35. The van der Waals surface area contributed by atoms with E-state index in [0.717, 1.165) is 16.9 Å². The molecule has 0 fully saturated rings. The van der Waals surface area contributed by atoms with Crippen LogP contribution in [0.2, 0.25) is 0 Å². The van der Waals surface area contributed by atoms with Crippen molar-refractivity contribution in [2.24, 2.45) is 0 Å². The SMILES string of the molecule is CC1(c2ccccc2)OCc2cc(OC[Si](Cl)(Cl)Cl)ccc2O1. The Morgan fingerprint density at radius 1 is 1.13 bits per heavy atom. The molecule has 1 heterocycles. The van der Waals surface area contributed by atoms with E-state index >= 15 is 0 Å². The van der Waals surface area contributed by atoms with Crippen LogP contribution in [0, 0.1) is 0 Å². The summed E-state index contributed by atoms with van der Waals surface area (Å²) in [5, 5.41) is 0. The fraction of sp³-hybridized carbons (Fsp3) is 0.250. The summed E-state index contributed by atoms with van der Waals surface area (Å²) < 4.78 is 17.5. The number of fused-ring (bicyclic) bond motifs is 1. The molecule has 2 aromatic carbocycles. The summed E-state index contributed by atoms with van der Waals surface area (Å²) in [5.74, 6) is 0.598. The fourth-order valence-corrected chi connectivity index (χ4v) is 3.18. The molecule has 0 aliphatic carbocycles. The Morgan fingerprint density at radius 2 is 1.87 bits per heavy atom. The van der Waals surface area contributed by atoms with Gasteiger partial charge in [-0.1, -0.05) is 30.3 Å². The zero-order valence-corrected chi connectivity index (χ0v) is 15.7. The molecule has 0 aromatic heterocycles. The van der Waals surface area contributed by atoms with E-state index < -0.39 is 11.8 Å². The van der Waals surface area contributed by atoms with Crippen LogP contribution >= 0.6 is 33.2 Å². The van der Waals surface area contributed by atoms with E-state index in [9.17, 15) is 0 Å². The van der Waals surface area contributed by atoms with E-state index in [1.54, 1.807) is 6.07 Å². The first kappa shape index (κ1) is 16.9. The number of rotatable bonds is 4. The van der Waals surface area contributed by atoms with Crippen molar-refractivity contribution in [3.8, 4) is 11.5 Å². The van der Waals surface area contributed by atoms with Crippen molar-refractivity contribution >= 4 is 39.2 Å². The van der Waals surface area contributed by atoms with Gasteiger partial charge in [-0.2, -0.15) is 0 Å². The summed E-state index contributed by atoms with van der Waals surface area (Å²) in [6.45, 7) is 2.33. The lowest BCUT2D eigenvalue weighted by Gasteiger charge is -2.36. The van der Waals surface area contributed by atoms with Gasteiger partial charge in [-0.25, -0.2) is 0 Å². The van der Waals surface area contributed by atoms with Crippen molar-refractivity contribution < 1.29 is 14.2 Å². The van der Waals surface area contributed by atoms with E-state index in [1.807, 2.05) is 49.4 Å². The van der Waals surface area contributed by atoms with Crippen LogP contribution in [0.25, 0.3) is 0 Å². The second kappa shape index (κ2) is 6.53. The van der Waals surface area contributed by atoms with Gasteiger partial charge in [0.1, 0.15) is 17.7 Å². The average Bonchev–Trinajstić information content (AvgIpc) is 2.53. The Morgan fingerprint density at radius 3 is 2.57 bits per heavy atom. The normalized spacial score (nSPS) is 20.5. The van der Waals surface area contributed by atoms with Gasteiger partial charge in [0.25, 0.3) is 0 Å². The van der Waals surface area contributed by atoms with Crippen molar-refractivity contribution in [1.82, 2.24) is 0 Å². The number of halogens is 3. The molecular weight excluding hydrogens is 375 g/mol. The number of benzene rings is 2. The number of hydrogen-bond acceptors (Lipinski definition) is 3. The quantitative estimate of drug-likeness (QED) is 0.541. The van der Waals surface area contributed by atoms with Gasteiger partial charge >= 0.3 is 6.00 Å². The molecule has 0 bridgehead atoms. The van der Waals surface area contributed by atoms with Crippen LogP contribution in [0.3, 0.4) is 0 Å². The van der Waals surface area contributed by atoms with Gasteiger partial charge < -0.3 is 14.2 Å².